The molecule has 1 saturated heterocycles. The number of furan rings is 1. The number of hydrogen-bond acceptors (Lipinski definition) is 3. The van der Waals surface area contributed by atoms with Crippen molar-refractivity contribution in [3.05, 3.63) is 24.2 Å². The molecule has 0 aliphatic carbocycles. The Morgan fingerprint density at radius 2 is 2.08 bits per heavy atom. The fraction of sp³-hybridized carbons (Fsp3) is 0.556. The lowest BCUT2D eigenvalue weighted by atomic mass is 10.1. The van der Waals surface area contributed by atoms with E-state index in [0.717, 1.165) is 5.76 Å². The van der Waals surface area contributed by atoms with Crippen molar-refractivity contribution in [2.75, 3.05) is 7.11 Å². The average Bonchev–Trinajstić information content (AvgIpc) is 2.52. The molecule has 66 valence electrons. The smallest absolute Gasteiger partial charge is 0.258 e. The van der Waals surface area contributed by atoms with Gasteiger partial charge in [-0.25, -0.2) is 0 Å². The van der Waals surface area contributed by atoms with Crippen molar-refractivity contribution in [3.63, 3.8) is 0 Å². The molecular formula is C9H12O3. The molecule has 1 fully saturated rings. The lowest BCUT2D eigenvalue weighted by Gasteiger charge is -2.08. The number of hydrogen-bond donors (Lipinski definition) is 0. The van der Waals surface area contributed by atoms with Crippen LogP contribution in [0, 0.1) is 0 Å². The van der Waals surface area contributed by atoms with Crippen molar-refractivity contribution in [1.29, 1.82) is 0 Å². The molecule has 0 amide bonds. The minimum absolute atomic E-state index is 0.278. The van der Waals surface area contributed by atoms with Gasteiger partial charge in [0.2, 0.25) is 0 Å². The van der Waals surface area contributed by atoms with Gasteiger partial charge in [0.1, 0.15) is 5.60 Å². The highest BCUT2D eigenvalue weighted by atomic mass is 16.8. The van der Waals surface area contributed by atoms with Gasteiger partial charge in [-0.1, -0.05) is 0 Å². The summed E-state index contributed by atoms with van der Waals surface area (Å²) in [6, 6.07) is 3.69. The van der Waals surface area contributed by atoms with E-state index < -0.39 is 5.79 Å². The Morgan fingerprint density at radius 1 is 1.42 bits per heavy atom. The molecule has 1 aromatic heterocycles. The highest BCUT2D eigenvalue weighted by Gasteiger charge is 2.68. The van der Waals surface area contributed by atoms with Gasteiger partial charge in [-0.3, -0.25) is 0 Å². The van der Waals surface area contributed by atoms with Crippen LogP contribution in [0.25, 0.3) is 0 Å². The molecule has 1 aliphatic heterocycles. The monoisotopic (exact) mass is 168 g/mol. The first kappa shape index (κ1) is 7.83. The van der Waals surface area contributed by atoms with E-state index in [-0.39, 0.29) is 5.60 Å². The molecule has 1 atom stereocenters. The summed E-state index contributed by atoms with van der Waals surface area (Å²) < 4.78 is 16.0. The van der Waals surface area contributed by atoms with Crippen molar-refractivity contribution >= 4 is 0 Å². The van der Waals surface area contributed by atoms with Gasteiger partial charge in [0.25, 0.3) is 5.79 Å². The molecular weight excluding hydrogens is 156 g/mol. The van der Waals surface area contributed by atoms with E-state index >= 15 is 0 Å². The van der Waals surface area contributed by atoms with Crippen molar-refractivity contribution in [2.24, 2.45) is 0 Å². The topological polar surface area (TPSA) is 34.9 Å². The predicted octanol–water partition coefficient (Wildman–Crippen LogP) is 1.89. The fourth-order valence-electron chi connectivity index (χ4n) is 1.53. The summed E-state index contributed by atoms with van der Waals surface area (Å²) in [7, 11) is 1.62. The lowest BCUT2D eigenvalue weighted by molar-refractivity contribution is -0.0310. The molecule has 3 nitrogen and oxygen atoms in total. The Kier molecular flexibility index (Phi) is 1.38. The standard InChI is InChI=1S/C9H12O3/c1-8(2)9(10-3,12-8)7-5-4-6-11-7/h4-6H,1-3H3/t9-/m0/s1. The van der Waals surface area contributed by atoms with Crippen molar-refractivity contribution in [1.82, 2.24) is 0 Å². The molecule has 2 heterocycles. The first-order chi connectivity index (χ1) is 5.62. The minimum Gasteiger partial charge on any atom is -0.463 e. The molecule has 0 unspecified atom stereocenters. The third kappa shape index (κ3) is 0.778. The van der Waals surface area contributed by atoms with E-state index in [1.165, 1.54) is 0 Å². The predicted molar refractivity (Wildman–Crippen MR) is 42.6 cm³/mol. The Bertz CT molecular complexity index is 276. The summed E-state index contributed by atoms with van der Waals surface area (Å²) in [5.74, 6) is 0.0752. The zero-order valence-electron chi connectivity index (χ0n) is 7.46. The van der Waals surface area contributed by atoms with Crippen LogP contribution in [-0.4, -0.2) is 12.7 Å². The van der Waals surface area contributed by atoms with Gasteiger partial charge in [0, 0.05) is 7.11 Å². The number of ether oxygens (including phenoxy) is 2. The Hall–Kier alpha value is -0.800. The maximum atomic E-state index is 5.47. The van der Waals surface area contributed by atoms with Crippen LogP contribution in [0.4, 0.5) is 0 Å². The van der Waals surface area contributed by atoms with Crippen LogP contribution in [0.1, 0.15) is 19.6 Å². The SMILES string of the molecule is CO[C@@]1(c2ccco2)OC1(C)C. The summed E-state index contributed by atoms with van der Waals surface area (Å²) in [5, 5.41) is 0. The fourth-order valence-corrected chi connectivity index (χ4v) is 1.53. The normalized spacial score (nSPS) is 31.9. The zero-order chi connectivity index (χ0) is 8.82. The molecule has 1 aromatic rings. The Balaban J connectivity index is 2.34. The molecule has 1 aliphatic rings. The first-order valence-electron chi connectivity index (χ1n) is 3.92. The maximum absolute atomic E-state index is 5.47. The van der Waals surface area contributed by atoms with E-state index in [1.54, 1.807) is 13.4 Å². The summed E-state index contributed by atoms with van der Waals surface area (Å²) in [6.07, 6.45) is 1.62. The summed E-state index contributed by atoms with van der Waals surface area (Å²) in [4.78, 5) is 0. The van der Waals surface area contributed by atoms with Crippen LogP contribution < -0.4 is 0 Å². The molecule has 0 radical (unpaired) electrons. The van der Waals surface area contributed by atoms with Gasteiger partial charge >= 0.3 is 0 Å². The molecule has 0 saturated carbocycles. The molecule has 0 spiro atoms. The molecule has 12 heavy (non-hydrogen) atoms. The minimum atomic E-state index is -0.656. The van der Waals surface area contributed by atoms with Gasteiger partial charge in [0.05, 0.1) is 6.26 Å². The molecule has 0 N–H and O–H groups in total. The third-order valence-corrected chi connectivity index (χ3v) is 2.28. The maximum Gasteiger partial charge on any atom is 0.258 e. The Morgan fingerprint density at radius 3 is 2.42 bits per heavy atom. The summed E-state index contributed by atoms with van der Waals surface area (Å²) in [5.41, 5.74) is -0.278. The van der Waals surface area contributed by atoms with Crippen LogP contribution in [0.2, 0.25) is 0 Å². The van der Waals surface area contributed by atoms with Crippen LogP contribution in [-0.2, 0) is 15.3 Å². The van der Waals surface area contributed by atoms with E-state index in [0.29, 0.717) is 0 Å². The van der Waals surface area contributed by atoms with Crippen LogP contribution >= 0.6 is 0 Å². The van der Waals surface area contributed by atoms with Gasteiger partial charge in [-0.2, -0.15) is 0 Å². The van der Waals surface area contributed by atoms with E-state index in [2.05, 4.69) is 0 Å². The van der Waals surface area contributed by atoms with E-state index in [9.17, 15) is 0 Å². The molecule has 0 aromatic carbocycles. The second-order valence-corrected chi connectivity index (χ2v) is 3.41. The van der Waals surface area contributed by atoms with E-state index in [1.807, 2.05) is 26.0 Å². The second kappa shape index (κ2) is 2.12. The molecule has 3 heteroatoms. The third-order valence-electron chi connectivity index (χ3n) is 2.28. The zero-order valence-corrected chi connectivity index (χ0v) is 7.46. The van der Waals surface area contributed by atoms with Crippen LogP contribution in [0.5, 0.6) is 0 Å². The quantitative estimate of drug-likeness (QED) is 0.632. The van der Waals surface area contributed by atoms with E-state index in [4.69, 9.17) is 13.9 Å². The van der Waals surface area contributed by atoms with Gasteiger partial charge in [-0.05, 0) is 26.0 Å². The summed E-state index contributed by atoms with van der Waals surface area (Å²) >= 11 is 0. The highest BCUT2D eigenvalue weighted by molar-refractivity contribution is 5.19. The average molecular weight is 168 g/mol. The van der Waals surface area contributed by atoms with Crippen LogP contribution in [0.3, 0.4) is 0 Å². The first-order valence-corrected chi connectivity index (χ1v) is 3.92. The van der Waals surface area contributed by atoms with Gasteiger partial charge in [0.15, 0.2) is 5.76 Å². The molecule has 0 bridgehead atoms. The number of rotatable bonds is 2. The Labute approximate surface area is 71.3 Å². The van der Waals surface area contributed by atoms with Crippen molar-refractivity contribution in [2.45, 2.75) is 25.2 Å². The lowest BCUT2D eigenvalue weighted by Crippen LogP contribution is -2.19. The van der Waals surface area contributed by atoms with Crippen molar-refractivity contribution < 1.29 is 13.9 Å². The van der Waals surface area contributed by atoms with Crippen molar-refractivity contribution in [3.8, 4) is 0 Å². The second-order valence-electron chi connectivity index (χ2n) is 3.41. The number of epoxide rings is 1. The number of methoxy groups -OCH3 is 1. The van der Waals surface area contributed by atoms with Gasteiger partial charge in [-0.15, -0.1) is 0 Å². The summed E-state index contributed by atoms with van der Waals surface area (Å²) in [6.45, 7) is 3.94. The largest absolute Gasteiger partial charge is 0.463 e. The van der Waals surface area contributed by atoms with Gasteiger partial charge < -0.3 is 13.9 Å². The molecule has 2 rings (SSSR count). The highest BCUT2D eigenvalue weighted by Crippen LogP contribution is 2.55. The van der Waals surface area contributed by atoms with Crippen LogP contribution in [0.15, 0.2) is 22.8 Å².